The van der Waals surface area contributed by atoms with Crippen LogP contribution in [0, 0.1) is 6.92 Å². The SMILES string of the molecule is Cc1csc(CNC2=NCCCS2)n1. The van der Waals surface area contributed by atoms with Crippen molar-refractivity contribution in [2.75, 3.05) is 12.3 Å². The second-order valence-electron chi connectivity index (χ2n) is 3.13. The highest BCUT2D eigenvalue weighted by molar-refractivity contribution is 8.13. The third-order valence-corrected chi connectivity index (χ3v) is 3.86. The van der Waals surface area contributed by atoms with Crippen molar-refractivity contribution < 1.29 is 0 Å². The highest BCUT2D eigenvalue weighted by Gasteiger charge is 2.05. The van der Waals surface area contributed by atoms with Gasteiger partial charge < -0.3 is 5.32 Å². The molecule has 2 rings (SSSR count). The van der Waals surface area contributed by atoms with E-state index in [0.717, 1.165) is 29.0 Å². The van der Waals surface area contributed by atoms with Gasteiger partial charge in [0.05, 0.1) is 6.54 Å². The smallest absolute Gasteiger partial charge is 0.156 e. The van der Waals surface area contributed by atoms with Gasteiger partial charge in [-0.15, -0.1) is 11.3 Å². The number of thiazole rings is 1. The number of aromatic nitrogens is 1. The van der Waals surface area contributed by atoms with Gasteiger partial charge in [0.1, 0.15) is 5.01 Å². The minimum absolute atomic E-state index is 0.810. The fourth-order valence-corrected chi connectivity index (χ4v) is 2.74. The Morgan fingerprint density at radius 3 is 3.14 bits per heavy atom. The zero-order chi connectivity index (χ0) is 9.80. The second kappa shape index (κ2) is 4.79. The molecule has 76 valence electrons. The van der Waals surface area contributed by atoms with Crippen molar-refractivity contribution in [2.45, 2.75) is 19.9 Å². The number of rotatable bonds is 2. The molecule has 0 radical (unpaired) electrons. The molecule has 0 saturated heterocycles. The van der Waals surface area contributed by atoms with E-state index in [1.165, 1.54) is 12.2 Å². The van der Waals surface area contributed by atoms with Crippen LogP contribution in [0.4, 0.5) is 0 Å². The van der Waals surface area contributed by atoms with Gasteiger partial charge in [-0.05, 0) is 13.3 Å². The van der Waals surface area contributed by atoms with Crippen molar-refractivity contribution in [3.63, 3.8) is 0 Å². The molecule has 0 aromatic carbocycles. The van der Waals surface area contributed by atoms with Gasteiger partial charge in [-0.25, -0.2) is 4.98 Å². The van der Waals surface area contributed by atoms with Crippen LogP contribution in [0.25, 0.3) is 0 Å². The molecule has 0 bridgehead atoms. The van der Waals surface area contributed by atoms with Gasteiger partial charge in [0.25, 0.3) is 0 Å². The topological polar surface area (TPSA) is 37.3 Å². The zero-order valence-corrected chi connectivity index (χ0v) is 9.75. The van der Waals surface area contributed by atoms with Crippen LogP contribution >= 0.6 is 23.1 Å². The Labute approximate surface area is 92.0 Å². The van der Waals surface area contributed by atoms with Gasteiger partial charge in [0.15, 0.2) is 5.17 Å². The zero-order valence-electron chi connectivity index (χ0n) is 8.12. The maximum absolute atomic E-state index is 4.40. The summed E-state index contributed by atoms with van der Waals surface area (Å²) in [4.78, 5) is 8.78. The lowest BCUT2D eigenvalue weighted by molar-refractivity contribution is 0.871. The van der Waals surface area contributed by atoms with E-state index in [4.69, 9.17) is 0 Å². The highest BCUT2D eigenvalue weighted by atomic mass is 32.2. The van der Waals surface area contributed by atoms with Crippen LogP contribution in [0.2, 0.25) is 0 Å². The second-order valence-corrected chi connectivity index (χ2v) is 5.15. The summed E-state index contributed by atoms with van der Waals surface area (Å²) < 4.78 is 0. The molecule has 1 aliphatic rings. The Bertz CT molecular complexity index is 333. The van der Waals surface area contributed by atoms with Crippen LogP contribution < -0.4 is 5.32 Å². The van der Waals surface area contributed by atoms with Crippen LogP contribution in [0.5, 0.6) is 0 Å². The van der Waals surface area contributed by atoms with Crippen LogP contribution in [0.1, 0.15) is 17.1 Å². The summed E-state index contributed by atoms with van der Waals surface area (Å²) in [5.74, 6) is 1.18. The molecule has 0 spiro atoms. The Morgan fingerprint density at radius 1 is 1.57 bits per heavy atom. The average Bonchev–Trinajstić information content (AvgIpc) is 2.63. The molecule has 1 aromatic heterocycles. The summed E-state index contributed by atoms with van der Waals surface area (Å²) in [7, 11) is 0. The molecular formula is C9H13N3S2. The van der Waals surface area contributed by atoms with E-state index < -0.39 is 0 Å². The maximum Gasteiger partial charge on any atom is 0.156 e. The lowest BCUT2D eigenvalue weighted by atomic mass is 10.5. The molecule has 0 atom stereocenters. The van der Waals surface area contributed by atoms with E-state index in [0.29, 0.717) is 0 Å². The molecule has 14 heavy (non-hydrogen) atoms. The van der Waals surface area contributed by atoms with Gasteiger partial charge in [0, 0.05) is 23.4 Å². The number of nitrogens with one attached hydrogen (secondary N) is 1. The predicted molar refractivity (Wildman–Crippen MR) is 63.1 cm³/mol. The Hall–Kier alpha value is -0.550. The number of aliphatic imine (C=N–C) groups is 1. The van der Waals surface area contributed by atoms with E-state index in [1.54, 1.807) is 23.1 Å². The minimum Gasteiger partial charge on any atom is -0.358 e. The maximum atomic E-state index is 4.40. The Balaban J connectivity index is 1.84. The van der Waals surface area contributed by atoms with E-state index in [1.807, 2.05) is 6.92 Å². The third kappa shape index (κ3) is 2.72. The van der Waals surface area contributed by atoms with Crippen molar-refractivity contribution in [1.29, 1.82) is 0 Å². The summed E-state index contributed by atoms with van der Waals surface area (Å²) in [5.41, 5.74) is 1.10. The summed E-state index contributed by atoms with van der Waals surface area (Å²) in [6.07, 6.45) is 1.20. The molecule has 1 aromatic rings. The fourth-order valence-electron chi connectivity index (χ4n) is 1.20. The number of amidine groups is 1. The van der Waals surface area contributed by atoms with Gasteiger partial charge in [-0.2, -0.15) is 0 Å². The van der Waals surface area contributed by atoms with Crippen molar-refractivity contribution >= 4 is 28.3 Å². The Kier molecular flexibility index (Phi) is 3.42. The number of aryl methyl sites for hydroxylation is 1. The number of hydrogen-bond acceptors (Lipinski definition) is 5. The van der Waals surface area contributed by atoms with E-state index in [9.17, 15) is 0 Å². The lowest BCUT2D eigenvalue weighted by Crippen LogP contribution is -2.22. The molecule has 0 aliphatic carbocycles. The molecular weight excluding hydrogens is 214 g/mol. The van der Waals surface area contributed by atoms with Crippen LogP contribution in [0.15, 0.2) is 10.4 Å². The third-order valence-electron chi connectivity index (χ3n) is 1.85. The average molecular weight is 227 g/mol. The largest absolute Gasteiger partial charge is 0.358 e. The van der Waals surface area contributed by atoms with Gasteiger partial charge in [-0.1, -0.05) is 11.8 Å². The molecule has 0 unspecified atom stereocenters. The van der Waals surface area contributed by atoms with E-state index >= 15 is 0 Å². The van der Waals surface area contributed by atoms with Crippen molar-refractivity contribution in [2.24, 2.45) is 4.99 Å². The van der Waals surface area contributed by atoms with Gasteiger partial charge in [0.2, 0.25) is 0 Å². The number of thioether (sulfide) groups is 1. The van der Waals surface area contributed by atoms with Crippen molar-refractivity contribution in [3.05, 3.63) is 16.1 Å². The molecule has 0 fully saturated rings. The molecule has 1 aliphatic heterocycles. The summed E-state index contributed by atoms with van der Waals surface area (Å²) in [6, 6.07) is 0. The van der Waals surface area contributed by atoms with Crippen LogP contribution in [0.3, 0.4) is 0 Å². The minimum atomic E-state index is 0.810. The normalized spacial score (nSPS) is 16.5. The molecule has 0 saturated carbocycles. The lowest BCUT2D eigenvalue weighted by Gasteiger charge is -2.11. The first-order valence-electron chi connectivity index (χ1n) is 4.67. The molecule has 1 N–H and O–H groups in total. The van der Waals surface area contributed by atoms with E-state index in [-0.39, 0.29) is 0 Å². The highest BCUT2D eigenvalue weighted by Crippen LogP contribution is 2.12. The fraction of sp³-hybridized carbons (Fsp3) is 0.556. The monoisotopic (exact) mass is 227 g/mol. The quantitative estimate of drug-likeness (QED) is 0.840. The summed E-state index contributed by atoms with van der Waals surface area (Å²) >= 11 is 3.51. The molecule has 2 heterocycles. The first-order chi connectivity index (χ1) is 6.84. The van der Waals surface area contributed by atoms with Gasteiger partial charge >= 0.3 is 0 Å². The van der Waals surface area contributed by atoms with Crippen LogP contribution in [-0.4, -0.2) is 22.4 Å². The molecule has 0 amide bonds. The number of hydrogen-bond donors (Lipinski definition) is 1. The molecule has 5 heteroatoms. The summed E-state index contributed by atoms with van der Waals surface area (Å²) in [6.45, 7) is 3.80. The number of nitrogens with zero attached hydrogens (tertiary/aromatic N) is 2. The van der Waals surface area contributed by atoms with E-state index in [2.05, 4.69) is 20.7 Å². The standard InChI is InChI=1S/C9H13N3S2/c1-7-6-14-8(12-7)5-11-9-10-3-2-4-13-9/h6H,2-5H2,1H3,(H,10,11). The first-order valence-corrected chi connectivity index (χ1v) is 6.53. The van der Waals surface area contributed by atoms with Gasteiger partial charge in [-0.3, -0.25) is 4.99 Å². The van der Waals surface area contributed by atoms with Crippen LogP contribution in [-0.2, 0) is 6.54 Å². The first kappa shape index (κ1) is 9.98. The molecule has 3 nitrogen and oxygen atoms in total. The summed E-state index contributed by atoms with van der Waals surface area (Å²) in [5, 5.41) is 7.60. The Morgan fingerprint density at radius 2 is 2.50 bits per heavy atom. The van der Waals surface area contributed by atoms with Crippen molar-refractivity contribution in [3.8, 4) is 0 Å². The van der Waals surface area contributed by atoms with Crippen molar-refractivity contribution in [1.82, 2.24) is 10.3 Å². The predicted octanol–water partition coefficient (Wildman–Crippen LogP) is 2.03.